The fourth-order valence-electron chi connectivity index (χ4n) is 1.29. The van der Waals surface area contributed by atoms with Crippen LogP contribution in [0.1, 0.15) is 6.42 Å². The summed E-state index contributed by atoms with van der Waals surface area (Å²) in [4.78, 5) is 10.2. The Morgan fingerprint density at radius 1 is 1.44 bits per heavy atom. The van der Waals surface area contributed by atoms with Crippen LogP contribution >= 0.6 is 0 Å². The summed E-state index contributed by atoms with van der Waals surface area (Å²) in [6.45, 7) is 3.36. The van der Waals surface area contributed by atoms with Gasteiger partial charge in [0.2, 0.25) is 0 Å². The largest absolute Gasteiger partial charge is 0.480 e. The molecule has 0 atom stereocenters. The standard InChI is InChI=1S/C13H14O4S/c1-11(18(16,17)10-13(14)15)6-5-9-12-7-3-2-4-8-12/h2-7,9H,1,8,10H2,(H,14,15). The van der Waals surface area contributed by atoms with Crippen molar-refractivity contribution in [3.05, 3.63) is 59.6 Å². The minimum absolute atomic E-state index is 0.197. The van der Waals surface area contributed by atoms with Crippen LogP contribution < -0.4 is 0 Å². The van der Waals surface area contributed by atoms with Crippen LogP contribution in [0.2, 0.25) is 0 Å². The molecule has 18 heavy (non-hydrogen) atoms. The number of hydrogen-bond donors (Lipinski definition) is 1. The zero-order valence-corrected chi connectivity index (χ0v) is 10.6. The van der Waals surface area contributed by atoms with Gasteiger partial charge in [-0.1, -0.05) is 43.0 Å². The van der Waals surface area contributed by atoms with Gasteiger partial charge in [0.25, 0.3) is 0 Å². The maximum Gasteiger partial charge on any atom is 0.319 e. The molecule has 0 aromatic heterocycles. The van der Waals surface area contributed by atoms with E-state index < -0.39 is 21.6 Å². The van der Waals surface area contributed by atoms with E-state index in [0.717, 1.165) is 12.0 Å². The van der Waals surface area contributed by atoms with Crippen molar-refractivity contribution in [3.8, 4) is 0 Å². The molecule has 0 aromatic carbocycles. The second-order valence-electron chi connectivity index (χ2n) is 3.71. The third-order valence-corrected chi connectivity index (χ3v) is 3.78. The Kier molecular flexibility index (Phi) is 4.85. The quantitative estimate of drug-likeness (QED) is 0.772. The van der Waals surface area contributed by atoms with Crippen LogP contribution in [0.15, 0.2) is 59.6 Å². The van der Waals surface area contributed by atoms with Crippen LogP contribution in [0, 0.1) is 0 Å². The maximum absolute atomic E-state index is 11.4. The van der Waals surface area contributed by atoms with Crippen molar-refractivity contribution in [1.82, 2.24) is 0 Å². The molecule has 4 nitrogen and oxygen atoms in total. The number of carboxylic acids is 1. The number of aliphatic carboxylic acids is 1. The Bertz CT molecular complexity index is 560. The first kappa shape index (κ1) is 14.2. The van der Waals surface area contributed by atoms with Crippen LogP contribution in [0.3, 0.4) is 0 Å². The SMILES string of the molecule is C=C(C=CC=C1C=CC=CC1)S(=O)(=O)CC(=O)O. The summed E-state index contributed by atoms with van der Waals surface area (Å²) in [6, 6.07) is 0. The van der Waals surface area contributed by atoms with Gasteiger partial charge in [0, 0.05) is 0 Å². The van der Waals surface area contributed by atoms with Gasteiger partial charge in [0.1, 0.15) is 0 Å². The van der Waals surface area contributed by atoms with E-state index in [1.54, 1.807) is 12.2 Å². The van der Waals surface area contributed by atoms with E-state index in [0.29, 0.717) is 0 Å². The van der Waals surface area contributed by atoms with E-state index in [2.05, 4.69) is 6.58 Å². The average Bonchev–Trinajstić information content (AvgIpc) is 2.28. The highest BCUT2D eigenvalue weighted by Crippen LogP contribution is 2.11. The molecule has 1 aliphatic rings. The normalized spacial score (nSPS) is 17.4. The topological polar surface area (TPSA) is 71.4 Å². The smallest absolute Gasteiger partial charge is 0.319 e. The molecule has 0 aromatic rings. The van der Waals surface area contributed by atoms with Gasteiger partial charge in [-0.05, 0) is 18.1 Å². The Balaban J connectivity index is 2.68. The molecule has 1 rings (SSSR count). The molecule has 1 N–H and O–H groups in total. The van der Waals surface area contributed by atoms with E-state index in [1.165, 1.54) is 6.08 Å². The monoisotopic (exact) mass is 266 g/mol. The number of allylic oxidation sites excluding steroid dienone is 8. The lowest BCUT2D eigenvalue weighted by molar-refractivity contribution is -0.134. The van der Waals surface area contributed by atoms with Crippen LogP contribution in [0.4, 0.5) is 0 Å². The molecule has 1 aliphatic carbocycles. The molecule has 0 radical (unpaired) electrons. The van der Waals surface area contributed by atoms with E-state index in [9.17, 15) is 13.2 Å². The van der Waals surface area contributed by atoms with Gasteiger partial charge >= 0.3 is 5.97 Å². The Labute approximate surface area is 106 Å². The van der Waals surface area contributed by atoms with Crippen molar-refractivity contribution >= 4 is 15.8 Å². The number of rotatable bonds is 5. The highest BCUT2D eigenvalue weighted by molar-refractivity contribution is 7.96. The minimum Gasteiger partial charge on any atom is -0.480 e. The van der Waals surface area contributed by atoms with Crippen molar-refractivity contribution < 1.29 is 18.3 Å². The number of hydrogen-bond acceptors (Lipinski definition) is 3. The van der Waals surface area contributed by atoms with Gasteiger partial charge in [-0.25, -0.2) is 8.42 Å². The molecule has 5 heteroatoms. The van der Waals surface area contributed by atoms with E-state index in [4.69, 9.17) is 5.11 Å². The number of sulfone groups is 1. The van der Waals surface area contributed by atoms with Gasteiger partial charge in [-0.2, -0.15) is 0 Å². The fourth-order valence-corrected chi connectivity index (χ4v) is 2.09. The van der Waals surface area contributed by atoms with Gasteiger partial charge in [-0.15, -0.1) is 0 Å². The van der Waals surface area contributed by atoms with E-state index in [-0.39, 0.29) is 4.91 Å². The molecule has 0 bridgehead atoms. The minimum atomic E-state index is -3.80. The third kappa shape index (κ3) is 4.55. The summed E-state index contributed by atoms with van der Waals surface area (Å²) in [6.07, 6.45) is 13.1. The summed E-state index contributed by atoms with van der Waals surface area (Å²) in [7, 11) is -3.80. The summed E-state index contributed by atoms with van der Waals surface area (Å²) in [5.74, 6) is -2.32. The number of carboxylic acid groups (broad SMARTS) is 1. The van der Waals surface area contributed by atoms with Gasteiger partial charge < -0.3 is 5.11 Å². The first-order valence-corrected chi connectivity index (χ1v) is 6.91. The van der Waals surface area contributed by atoms with Crippen molar-refractivity contribution in [2.75, 3.05) is 5.75 Å². The first-order chi connectivity index (χ1) is 8.42. The third-order valence-electron chi connectivity index (χ3n) is 2.22. The van der Waals surface area contributed by atoms with Crippen LogP contribution in [-0.2, 0) is 14.6 Å². The lowest BCUT2D eigenvalue weighted by atomic mass is 10.1. The van der Waals surface area contributed by atoms with Crippen molar-refractivity contribution in [2.45, 2.75) is 6.42 Å². The van der Waals surface area contributed by atoms with Crippen LogP contribution in [0.5, 0.6) is 0 Å². The summed E-state index contributed by atoms with van der Waals surface area (Å²) >= 11 is 0. The average molecular weight is 266 g/mol. The van der Waals surface area contributed by atoms with E-state index in [1.807, 2.05) is 24.3 Å². The lowest BCUT2D eigenvalue weighted by Gasteiger charge is -2.00. The molecule has 0 heterocycles. The second kappa shape index (κ2) is 6.16. The molecule has 0 aliphatic heterocycles. The highest BCUT2D eigenvalue weighted by Gasteiger charge is 2.17. The molecular weight excluding hydrogens is 252 g/mol. The highest BCUT2D eigenvalue weighted by atomic mass is 32.2. The van der Waals surface area contributed by atoms with Gasteiger partial charge in [0.05, 0.1) is 4.91 Å². The van der Waals surface area contributed by atoms with Crippen LogP contribution in [-0.4, -0.2) is 25.2 Å². The van der Waals surface area contributed by atoms with Crippen LogP contribution in [0.25, 0.3) is 0 Å². The van der Waals surface area contributed by atoms with Gasteiger partial charge in [0.15, 0.2) is 15.6 Å². The lowest BCUT2D eigenvalue weighted by Crippen LogP contribution is -2.15. The molecule has 0 fully saturated rings. The molecule has 96 valence electrons. The summed E-state index contributed by atoms with van der Waals surface area (Å²) < 4.78 is 22.9. The Hall–Kier alpha value is -1.88. The zero-order chi connectivity index (χ0) is 13.6. The van der Waals surface area contributed by atoms with Crippen molar-refractivity contribution in [1.29, 1.82) is 0 Å². The Morgan fingerprint density at radius 3 is 2.72 bits per heavy atom. The molecule has 0 amide bonds. The van der Waals surface area contributed by atoms with Gasteiger partial charge in [-0.3, -0.25) is 4.79 Å². The predicted octanol–water partition coefficient (Wildman–Crippen LogP) is 2.00. The maximum atomic E-state index is 11.4. The number of carbonyl (C=O) groups is 1. The predicted molar refractivity (Wildman–Crippen MR) is 70.7 cm³/mol. The Morgan fingerprint density at radius 2 is 2.17 bits per heavy atom. The molecule has 0 saturated carbocycles. The summed E-state index contributed by atoms with van der Waals surface area (Å²) in [5.41, 5.74) is 1.04. The second-order valence-corrected chi connectivity index (χ2v) is 5.75. The first-order valence-electron chi connectivity index (χ1n) is 5.26. The molecular formula is C13H14O4S. The molecule has 0 unspecified atom stereocenters. The molecule has 0 spiro atoms. The fraction of sp³-hybridized carbons (Fsp3) is 0.154. The zero-order valence-electron chi connectivity index (χ0n) is 9.74. The van der Waals surface area contributed by atoms with E-state index >= 15 is 0 Å². The molecule has 0 saturated heterocycles. The van der Waals surface area contributed by atoms with Crippen molar-refractivity contribution in [2.24, 2.45) is 0 Å². The summed E-state index contributed by atoms with van der Waals surface area (Å²) in [5, 5.41) is 8.45. The van der Waals surface area contributed by atoms with Crippen molar-refractivity contribution in [3.63, 3.8) is 0 Å².